The second-order valence-electron chi connectivity index (χ2n) is 9.41. The Balaban J connectivity index is 1.22. The number of amides is 3. The fraction of sp³-hybridized carbons (Fsp3) is 0.133. The minimum atomic E-state index is -0.375. The molecule has 10 nitrogen and oxygen atoms in total. The van der Waals surface area contributed by atoms with Gasteiger partial charge in [0, 0.05) is 48.5 Å². The smallest absolute Gasteiger partial charge is 0.321 e. The summed E-state index contributed by atoms with van der Waals surface area (Å²) in [5.74, 6) is 0.655. The fourth-order valence-corrected chi connectivity index (χ4v) is 5.82. The Morgan fingerprint density at radius 3 is 2.52 bits per heavy atom. The molecule has 0 spiro atoms. The van der Waals surface area contributed by atoms with Crippen LogP contribution in [0.3, 0.4) is 0 Å². The van der Waals surface area contributed by atoms with Crippen LogP contribution in [0.1, 0.15) is 15.9 Å². The van der Waals surface area contributed by atoms with E-state index in [1.165, 1.54) is 22.7 Å². The minimum Gasteiger partial charge on any atom is -0.497 e. The van der Waals surface area contributed by atoms with Crippen molar-refractivity contribution >= 4 is 56.9 Å². The van der Waals surface area contributed by atoms with E-state index in [-0.39, 0.29) is 17.8 Å². The lowest BCUT2D eigenvalue weighted by molar-refractivity contribution is 0.102. The number of nitrogens with two attached hydrogens (primary N) is 1. The Hall–Kier alpha value is -4.94. The first-order chi connectivity index (χ1) is 20.3. The number of nitrogens with one attached hydrogen (secondary N) is 3. The molecule has 0 bridgehead atoms. The molecule has 0 saturated carbocycles. The third-order valence-corrected chi connectivity index (χ3v) is 8.21. The molecule has 0 aliphatic heterocycles. The van der Waals surface area contributed by atoms with Gasteiger partial charge in [0.15, 0.2) is 5.13 Å². The van der Waals surface area contributed by atoms with Crippen LogP contribution in [0, 0.1) is 0 Å². The molecule has 0 saturated heterocycles. The number of carbonyl (C=O) groups is 2. The molecule has 0 atom stereocenters. The van der Waals surface area contributed by atoms with E-state index in [0.717, 1.165) is 22.5 Å². The molecule has 5 rings (SSSR count). The predicted molar refractivity (Wildman–Crippen MR) is 171 cm³/mol. The van der Waals surface area contributed by atoms with Crippen LogP contribution in [0.15, 0.2) is 78.2 Å². The molecule has 0 unspecified atom stereocenters. The molecule has 0 fully saturated rings. The maximum absolute atomic E-state index is 12.7. The molecule has 42 heavy (non-hydrogen) atoms. The largest absolute Gasteiger partial charge is 0.497 e. The third-order valence-electron chi connectivity index (χ3n) is 6.23. The third kappa shape index (κ3) is 6.85. The monoisotopic (exact) mass is 599 g/mol. The minimum absolute atomic E-state index is 0.242. The number of hydrogen-bond acceptors (Lipinski definition) is 9. The first kappa shape index (κ1) is 28.6. The number of hydrogen-bond donors (Lipinski definition) is 4. The van der Waals surface area contributed by atoms with Gasteiger partial charge in [0.25, 0.3) is 5.91 Å². The van der Waals surface area contributed by atoms with Crippen LogP contribution in [-0.2, 0) is 6.54 Å². The zero-order valence-corrected chi connectivity index (χ0v) is 24.8. The van der Waals surface area contributed by atoms with Crippen LogP contribution < -0.4 is 31.3 Å². The SMILES string of the molecule is COc1cccc(C(=O)Nc2cccc(-c3csc(-c4sc(NC(=O)NCc5ccc(N(C)C)cc5)nc4N)n3)c2)c1. The molecular formula is C30H29N7O3S2. The molecule has 5 N–H and O–H groups in total. The van der Waals surface area contributed by atoms with Crippen LogP contribution in [0.25, 0.3) is 21.1 Å². The van der Waals surface area contributed by atoms with Gasteiger partial charge in [0.05, 0.1) is 12.8 Å². The van der Waals surface area contributed by atoms with Gasteiger partial charge in [0.2, 0.25) is 0 Å². The Labute approximate surface area is 251 Å². The first-order valence-corrected chi connectivity index (χ1v) is 14.6. The van der Waals surface area contributed by atoms with Gasteiger partial charge >= 0.3 is 6.03 Å². The Bertz CT molecular complexity index is 1710. The van der Waals surface area contributed by atoms with E-state index >= 15 is 0 Å². The number of benzene rings is 3. The summed E-state index contributed by atoms with van der Waals surface area (Å²) in [6, 6.07) is 22.0. The number of thiazole rings is 2. The number of carbonyl (C=O) groups excluding carboxylic acids is 2. The van der Waals surface area contributed by atoms with Gasteiger partial charge in [-0.15, -0.1) is 11.3 Å². The molecule has 0 aliphatic carbocycles. The molecular weight excluding hydrogens is 571 g/mol. The number of aromatic nitrogens is 2. The Morgan fingerprint density at radius 2 is 1.76 bits per heavy atom. The lowest BCUT2D eigenvalue weighted by Crippen LogP contribution is -2.28. The Morgan fingerprint density at radius 1 is 0.976 bits per heavy atom. The number of nitrogen functional groups attached to an aromatic ring is 1. The maximum atomic E-state index is 12.7. The number of urea groups is 1. The summed E-state index contributed by atoms with van der Waals surface area (Å²) in [7, 11) is 5.52. The number of nitrogens with zero attached hydrogens (tertiary/aromatic N) is 3. The molecule has 3 aromatic carbocycles. The fourth-order valence-electron chi connectivity index (χ4n) is 4.01. The zero-order valence-electron chi connectivity index (χ0n) is 23.2. The van der Waals surface area contributed by atoms with Crippen molar-refractivity contribution in [3.8, 4) is 26.9 Å². The summed E-state index contributed by atoms with van der Waals surface area (Å²) >= 11 is 2.68. The molecule has 0 radical (unpaired) electrons. The van der Waals surface area contributed by atoms with Gasteiger partial charge in [-0.3, -0.25) is 10.1 Å². The van der Waals surface area contributed by atoms with Crippen molar-refractivity contribution in [3.63, 3.8) is 0 Å². The van der Waals surface area contributed by atoms with E-state index < -0.39 is 0 Å². The number of ether oxygens (including phenoxy) is 1. The number of methoxy groups -OCH3 is 1. The van der Waals surface area contributed by atoms with E-state index in [1.807, 2.05) is 72.9 Å². The summed E-state index contributed by atoms with van der Waals surface area (Å²) in [6.07, 6.45) is 0. The predicted octanol–water partition coefficient (Wildman–Crippen LogP) is 6.16. The van der Waals surface area contributed by atoms with Crippen LogP contribution in [-0.4, -0.2) is 43.1 Å². The van der Waals surface area contributed by atoms with Crippen LogP contribution >= 0.6 is 22.7 Å². The standard InChI is InChI=1S/C30H29N7O3S2/c1-37(2)22-12-10-18(11-13-22)16-32-29(39)36-30-35-26(31)25(42-30)28-34-24(17-41-28)19-6-4-8-21(14-19)33-27(38)20-7-5-9-23(15-20)40-3/h4-15,17H,16,31H2,1-3H3,(H,33,38)(H2,32,35,36,39). The van der Waals surface area contributed by atoms with Crippen LogP contribution in [0.2, 0.25) is 0 Å². The molecule has 0 aliphatic rings. The normalized spacial score (nSPS) is 10.6. The average Bonchev–Trinajstić information content (AvgIpc) is 3.63. The summed E-state index contributed by atoms with van der Waals surface area (Å²) in [4.78, 5) is 37.0. The molecule has 214 valence electrons. The zero-order chi connectivity index (χ0) is 29.6. The average molecular weight is 600 g/mol. The van der Waals surface area contributed by atoms with Crippen molar-refractivity contribution in [3.05, 3.63) is 89.3 Å². The van der Waals surface area contributed by atoms with Crippen LogP contribution in [0.5, 0.6) is 5.75 Å². The van der Waals surface area contributed by atoms with Crippen molar-refractivity contribution < 1.29 is 14.3 Å². The highest BCUT2D eigenvalue weighted by Gasteiger charge is 2.17. The second kappa shape index (κ2) is 12.7. The van der Waals surface area contributed by atoms with Gasteiger partial charge in [-0.05, 0) is 48.0 Å². The molecule has 2 aromatic heterocycles. The second-order valence-corrected chi connectivity index (χ2v) is 11.3. The molecule has 2 heterocycles. The summed E-state index contributed by atoms with van der Waals surface area (Å²) < 4.78 is 5.21. The lowest BCUT2D eigenvalue weighted by atomic mass is 10.1. The van der Waals surface area contributed by atoms with Crippen molar-refractivity contribution in [2.24, 2.45) is 0 Å². The van der Waals surface area contributed by atoms with Gasteiger partial charge in [-0.2, -0.15) is 0 Å². The van der Waals surface area contributed by atoms with Gasteiger partial charge in [0.1, 0.15) is 21.5 Å². The van der Waals surface area contributed by atoms with Crippen LogP contribution in [0.4, 0.5) is 27.1 Å². The van der Waals surface area contributed by atoms with Crippen molar-refractivity contribution in [2.75, 3.05) is 42.5 Å². The quantitative estimate of drug-likeness (QED) is 0.159. The summed E-state index contributed by atoms with van der Waals surface area (Å²) in [5, 5.41) is 11.5. The van der Waals surface area contributed by atoms with E-state index in [4.69, 9.17) is 15.5 Å². The van der Waals surface area contributed by atoms with Gasteiger partial charge in [-0.25, -0.2) is 14.8 Å². The summed E-state index contributed by atoms with van der Waals surface area (Å²) in [6.45, 7) is 0.377. The Kier molecular flexibility index (Phi) is 8.65. The molecule has 5 aromatic rings. The van der Waals surface area contributed by atoms with E-state index in [1.54, 1.807) is 31.4 Å². The van der Waals surface area contributed by atoms with Gasteiger partial charge < -0.3 is 26.0 Å². The van der Waals surface area contributed by atoms with Crippen molar-refractivity contribution in [1.29, 1.82) is 0 Å². The summed E-state index contributed by atoms with van der Waals surface area (Å²) in [5.41, 5.74) is 11.0. The number of rotatable bonds is 9. The highest BCUT2D eigenvalue weighted by atomic mass is 32.1. The van der Waals surface area contributed by atoms with Gasteiger partial charge in [-0.1, -0.05) is 41.7 Å². The maximum Gasteiger partial charge on any atom is 0.321 e. The molecule has 3 amide bonds. The highest BCUT2D eigenvalue weighted by molar-refractivity contribution is 7.23. The van der Waals surface area contributed by atoms with E-state index in [2.05, 4.69) is 20.9 Å². The van der Waals surface area contributed by atoms with E-state index in [9.17, 15) is 9.59 Å². The number of anilines is 4. The highest BCUT2D eigenvalue weighted by Crippen LogP contribution is 2.38. The van der Waals surface area contributed by atoms with Crippen molar-refractivity contribution in [2.45, 2.75) is 6.54 Å². The molecule has 12 heteroatoms. The first-order valence-electron chi connectivity index (χ1n) is 12.9. The lowest BCUT2D eigenvalue weighted by Gasteiger charge is -2.12. The van der Waals surface area contributed by atoms with E-state index in [0.29, 0.717) is 38.6 Å². The van der Waals surface area contributed by atoms with Crippen molar-refractivity contribution in [1.82, 2.24) is 15.3 Å². The topological polar surface area (TPSA) is 134 Å².